The van der Waals surface area contributed by atoms with Crippen LogP contribution in [0.4, 0.5) is 0 Å². The third-order valence-electron chi connectivity index (χ3n) is 1.17. The zero-order chi connectivity index (χ0) is 10.1. The Bertz CT molecular complexity index is 424. The van der Waals surface area contributed by atoms with Gasteiger partial charge >= 0.3 is 0 Å². The second-order valence-corrected chi connectivity index (χ2v) is 5.11. The molecular weight excluding hydrogens is 216 g/mol. The molecule has 8 heteroatoms. The Morgan fingerprint density at radius 1 is 1.38 bits per heavy atom. The minimum absolute atomic E-state index is 0.174. The first-order valence-corrected chi connectivity index (χ1v) is 6.06. The van der Waals surface area contributed by atoms with E-state index in [-0.39, 0.29) is 10.1 Å². The van der Waals surface area contributed by atoms with Crippen molar-refractivity contribution in [3.8, 4) is 0 Å². The van der Waals surface area contributed by atoms with E-state index in [2.05, 4.69) is 10.2 Å². The summed E-state index contributed by atoms with van der Waals surface area (Å²) in [5.41, 5.74) is 0. The van der Waals surface area contributed by atoms with Crippen LogP contribution in [0.25, 0.3) is 0 Å². The smallest absolute Gasteiger partial charge is 0.207 e. The average Bonchev–Trinajstić information content (AvgIpc) is 2.03. The molecule has 1 heterocycles. The highest BCUT2D eigenvalue weighted by atomic mass is 32.2. The highest BCUT2D eigenvalue weighted by molar-refractivity contribution is 7.90. The van der Waals surface area contributed by atoms with Crippen LogP contribution in [0.3, 0.4) is 0 Å². The van der Waals surface area contributed by atoms with E-state index in [4.69, 9.17) is 4.55 Å². The van der Waals surface area contributed by atoms with E-state index in [9.17, 15) is 12.6 Å². The van der Waals surface area contributed by atoms with Gasteiger partial charge in [0.05, 0.1) is 0 Å². The lowest BCUT2D eigenvalue weighted by Gasteiger charge is -1.95. The fourth-order valence-electron chi connectivity index (χ4n) is 0.599. The van der Waals surface area contributed by atoms with Crippen LogP contribution >= 0.6 is 0 Å². The van der Waals surface area contributed by atoms with Gasteiger partial charge in [-0.2, -0.15) is 0 Å². The molecule has 0 bridgehead atoms. The number of hydrogen-bond donors (Lipinski definition) is 1. The van der Waals surface area contributed by atoms with E-state index in [0.717, 1.165) is 18.4 Å². The quantitative estimate of drug-likeness (QED) is 0.675. The molecule has 1 unspecified atom stereocenters. The minimum Gasteiger partial charge on any atom is -0.301 e. The van der Waals surface area contributed by atoms with E-state index in [1.807, 2.05) is 0 Å². The summed E-state index contributed by atoms with van der Waals surface area (Å²) in [5, 5.41) is 6.15. The van der Waals surface area contributed by atoms with Gasteiger partial charge in [0.15, 0.2) is 19.9 Å². The van der Waals surface area contributed by atoms with Crippen molar-refractivity contribution in [2.45, 2.75) is 10.1 Å². The Balaban J connectivity index is 3.16. The molecule has 13 heavy (non-hydrogen) atoms. The minimum atomic E-state index is -3.40. The van der Waals surface area contributed by atoms with Crippen LogP contribution in [-0.4, -0.2) is 33.6 Å². The van der Waals surface area contributed by atoms with E-state index >= 15 is 0 Å². The van der Waals surface area contributed by atoms with Gasteiger partial charge in [-0.25, -0.2) is 12.6 Å². The van der Waals surface area contributed by atoms with Crippen molar-refractivity contribution in [1.82, 2.24) is 10.2 Å². The van der Waals surface area contributed by atoms with Gasteiger partial charge in [0.1, 0.15) is 0 Å². The summed E-state index contributed by atoms with van der Waals surface area (Å²) >= 11 is -2.23. The molecule has 1 atom stereocenters. The lowest BCUT2D eigenvalue weighted by Crippen LogP contribution is -2.04. The molecule has 0 aliphatic rings. The molecule has 0 saturated carbocycles. The first-order valence-electron chi connectivity index (χ1n) is 3.06. The topological polar surface area (TPSA) is 97.2 Å². The van der Waals surface area contributed by atoms with Gasteiger partial charge in [0.25, 0.3) is 0 Å². The number of aromatic nitrogens is 2. The van der Waals surface area contributed by atoms with Crippen molar-refractivity contribution in [1.29, 1.82) is 0 Å². The third-order valence-corrected chi connectivity index (χ3v) is 2.73. The summed E-state index contributed by atoms with van der Waals surface area (Å²) in [6, 6.07) is 2.27. The second-order valence-electron chi connectivity index (χ2n) is 2.23. The summed E-state index contributed by atoms with van der Waals surface area (Å²) in [4.78, 5) is 0. The molecular formula is C5H6N2O4S2. The molecule has 0 saturated heterocycles. The molecule has 0 aliphatic carbocycles. The molecule has 0 fully saturated rings. The average molecular weight is 222 g/mol. The van der Waals surface area contributed by atoms with Crippen molar-refractivity contribution in [2.75, 3.05) is 6.26 Å². The van der Waals surface area contributed by atoms with Gasteiger partial charge in [-0.05, 0) is 12.1 Å². The van der Waals surface area contributed by atoms with Gasteiger partial charge in [-0.3, -0.25) is 0 Å². The number of rotatable bonds is 2. The SMILES string of the molecule is CS(=O)(=O)c1ccc(S(=O)O)nn1. The summed E-state index contributed by atoms with van der Waals surface area (Å²) in [7, 11) is -3.40. The molecule has 1 N–H and O–H groups in total. The Kier molecular flexibility index (Phi) is 2.74. The predicted octanol–water partition coefficient (Wildman–Crippen LogP) is -0.539. The summed E-state index contributed by atoms with van der Waals surface area (Å²) in [6.07, 6.45) is 0.979. The summed E-state index contributed by atoms with van der Waals surface area (Å²) in [6.45, 7) is 0. The lowest BCUT2D eigenvalue weighted by molar-refractivity contribution is 0.555. The zero-order valence-electron chi connectivity index (χ0n) is 6.54. The molecule has 1 aromatic rings. The fourth-order valence-corrected chi connectivity index (χ4v) is 1.40. The number of sulfone groups is 1. The Hall–Kier alpha value is -0.860. The molecule has 6 nitrogen and oxygen atoms in total. The number of hydrogen-bond acceptors (Lipinski definition) is 5. The predicted molar refractivity (Wildman–Crippen MR) is 44.2 cm³/mol. The van der Waals surface area contributed by atoms with Crippen molar-refractivity contribution >= 4 is 20.9 Å². The maximum atomic E-state index is 10.9. The van der Waals surface area contributed by atoms with Crippen molar-refractivity contribution in [3.63, 3.8) is 0 Å². The molecule has 0 aliphatic heterocycles. The molecule has 0 aromatic carbocycles. The van der Waals surface area contributed by atoms with Crippen LogP contribution in [-0.2, 0) is 20.9 Å². The van der Waals surface area contributed by atoms with Gasteiger partial charge in [0.2, 0.25) is 11.1 Å². The van der Waals surface area contributed by atoms with Gasteiger partial charge in [-0.1, -0.05) is 0 Å². The van der Waals surface area contributed by atoms with E-state index in [1.54, 1.807) is 0 Å². The van der Waals surface area contributed by atoms with Gasteiger partial charge in [-0.15, -0.1) is 10.2 Å². The molecule has 1 rings (SSSR count). The lowest BCUT2D eigenvalue weighted by atomic mass is 10.6. The monoisotopic (exact) mass is 222 g/mol. The highest BCUT2D eigenvalue weighted by Crippen LogP contribution is 2.05. The van der Waals surface area contributed by atoms with Crippen LogP contribution in [0.2, 0.25) is 0 Å². The summed E-state index contributed by atoms with van der Waals surface area (Å²) in [5.74, 6) is 0. The standard InChI is InChI=1S/C5H6N2O4S2/c1-13(10,11)5-3-2-4(6-7-5)12(8)9/h2-3H,1H3,(H,8,9). The normalized spacial score (nSPS) is 14.0. The Morgan fingerprint density at radius 3 is 2.31 bits per heavy atom. The first kappa shape index (κ1) is 10.2. The van der Waals surface area contributed by atoms with Gasteiger partial charge < -0.3 is 4.55 Å². The van der Waals surface area contributed by atoms with Crippen LogP contribution in [0.5, 0.6) is 0 Å². The highest BCUT2D eigenvalue weighted by Gasteiger charge is 2.10. The fraction of sp³-hybridized carbons (Fsp3) is 0.200. The van der Waals surface area contributed by atoms with Crippen molar-refractivity contribution < 1.29 is 17.2 Å². The van der Waals surface area contributed by atoms with Crippen molar-refractivity contribution in [3.05, 3.63) is 12.1 Å². The van der Waals surface area contributed by atoms with Crippen LogP contribution in [0, 0.1) is 0 Å². The molecule has 0 spiro atoms. The molecule has 0 amide bonds. The largest absolute Gasteiger partial charge is 0.301 e. The first-order chi connectivity index (χ1) is 5.91. The molecule has 72 valence electrons. The maximum absolute atomic E-state index is 10.9. The summed E-state index contributed by atoms with van der Waals surface area (Å²) < 4.78 is 40.7. The van der Waals surface area contributed by atoms with Crippen LogP contribution in [0.1, 0.15) is 0 Å². The van der Waals surface area contributed by atoms with E-state index < -0.39 is 20.9 Å². The molecule has 0 radical (unpaired) electrons. The second kappa shape index (κ2) is 3.48. The van der Waals surface area contributed by atoms with Crippen LogP contribution in [0.15, 0.2) is 22.2 Å². The molecule has 1 aromatic heterocycles. The number of nitrogens with zero attached hydrogens (tertiary/aromatic N) is 2. The van der Waals surface area contributed by atoms with E-state index in [1.165, 1.54) is 0 Å². The zero-order valence-corrected chi connectivity index (χ0v) is 8.17. The Labute approximate surface area is 77.2 Å². The third kappa shape index (κ3) is 2.54. The van der Waals surface area contributed by atoms with Crippen LogP contribution < -0.4 is 0 Å². The van der Waals surface area contributed by atoms with E-state index in [0.29, 0.717) is 0 Å². The van der Waals surface area contributed by atoms with Gasteiger partial charge in [0, 0.05) is 6.26 Å². The Morgan fingerprint density at radius 2 is 2.00 bits per heavy atom. The van der Waals surface area contributed by atoms with Crippen molar-refractivity contribution in [2.24, 2.45) is 0 Å². The maximum Gasteiger partial charge on any atom is 0.207 e.